The summed E-state index contributed by atoms with van der Waals surface area (Å²) in [7, 11) is 0. The first kappa shape index (κ1) is 61.0. The summed E-state index contributed by atoms with van der Waals surface area (Å²) in [6.45, 7) is 7.49. The van der Waals surface area contributed by atoms with Gasteiger partial charge in [0.2, 0.25) is 0 Å². The molecule has 60 heavy (non-hydrogen) atoms. The van der Waals surface area contributed by atoms with Gasteiger partial charge in [0.25, 0.3) is 0 Å². The number of carbonyl (C=O) groups excluding carboxylic acids is 1. The molecule has 0 aliphatic carbocycles. The zero-order chi connectivity index (χ0) is 43.9. The molecule has 0 spiro atoms. The predicted octanol–water partition coefficient (Wildman–Crippen LogP) is 20.2. The molecule has 360 valence electrons. The van der Waals surface area contributed by atoms with Crippen molar-refractivity contribution in [3.63, 3.8) is 0 Å². The Hall–Kier alpha value is -1.06. The summed E-state index contributed by atoms with van der Waals surface area (Å²) in [5.41, 5.74) is 0. The average Bonchev–Trinajstić information content (AvgIpc) is 3.24. The van der Waals surface area contributed by atoms with Gasteiger partial charge in [-0.25, -0.2) is 0 Å². The Balaban J connectivity index is 0. The summed E-state index contributed by atoms with van der Waals surface area (Å²) in [5, 5.41) is 8.56. The van der Waals surface area contributed by atoms with Gasteiger partial charge in [0.15, 0.2) is 0 Å². The Morgan fingerprint density at radius 1 is 0.267 bits per heavy atom. The van der Waals surface area contributed by atoms with Crippen LogP contribution in [0.5, 0.6) is 0 Å². The van der Waals surface area contributed by atoms with E-state index in [9.17, 15) is 9.59 Å². The monoisotopic (exact) mass is 849 g/mol. The van der Waals surface area contributed by atoms with Crippen LogP contribution < -0.4 is 0 Å². The number of unbranched alkanes of at least 4 members (excludes halogenated alkanes) is 45. The number of esters is 1. The molecule has 0 atom stereocenters. The first-order chi connectivity index (χ1) is 29.6. The second-order valence-electron chi connectivity index (χ2n) is 19.0. The standard InChI is InChI=1S/C34H68O2.C22H44O2/c1-3-5-7-9-11-13-15-17-19-20-22-24-26-28-30-32-34(35)36-33-31-29-27-25-23-21-18-16-14-12-10-8-6-4-2;1-2-3-4-5-6-7-8-9-10-11-12-13-14-15-16-17-18-19-20-21-22(23)24/h3-33H2,1-2H3;2-21H2,1H3,(H,23,24). The minimum atomic E-state index is -0.651. The molecule has 0 heterocycles. The topological polar surface area (TPSA) is 63.6 Å². The lowest BCUT2D eigenvalue weighted by atomic mass is 10.0. The van der Waals surface area contributed by atoms with Crippen LogP contribution in [-0.2, 0) is 14.3 Å². The Bertz CT molecular complexity index is 745. The van der Waals surface area contributed by atoms with Crippen molar-refractivity contribution in [3.05, 3.63) is 0 Å². The van der Waals surface area contributed by atoms with Crippen LogP contribution in [0.4, 0.5) is 0 Å². The Morgan fingerprint density at radius 2 is 0.450 bits per heavy atom. The molecule has 0 fully saturated rings. The molecule has 4 nitrogen and oxygen atoms in total. The van der Waals surface area contributed by atoms with E-state index in [1.54, 1.807) is 0 Å². The van der Waals surface area contributed by atoms with Gasteiger partial charge in [0.05, 0.1) is 6.61 Å². The molecular weight excluding hydrogens is 737 g/mol. The van der Waals surface area contributed by atoms with Crippen molar-refractivity contribution in [2.45, 2.75) is 342 Å². The van der Waals surface area contributed by atoms with E-state index in [2.05, 4.69) is 20.8 Å². The van der Waals surface area contributed by atoms with Gasteiger partial charge in [-0.3, -0.25) is 9.59 Å². The maximum Gasteiger partial charge on any atom is 0.305 e. The van der Waals surface area contributed by atoms with E-state index in [4.69, 9.17) is 9.84 Å². The van der Waals surface area contributed by atoms with Crippen molar-refractivity contribution >= 4 is 11.9 Å². The molecule has 0 aliphatic heterocycles. The number of ether oxygens (including phenoxy) is 1. The second-order valence-corrected chi connectivity index (χ2v) is 19.0. The normalized spacial score (nSPS) is 11.2. The Morgan fingerprint density at radius 3 is 0.667 bits per heavy atom. The summed E-state index contributed by atoms with van der Waals surface area (Å²) in [4.78, 5) is 22.3. The van der Waals surface area contributed by atoms with Crippen LogP contribution in [0.25, 0.3) is 0 Å². The highest BCUT2D eigenvalue weighted by molar-refractivity contribution is 5.69. The van der Waals surface area contributed by atoms with Crippen LogP contribution in [0, 0.1) is 0 Å². The molecule has 0 rings (SSSR count). The minimum absolute atomic E-state index is 0.0272. The van der Waals surface area contributed by atoms with E-state index < -0.39 is 5.97 Å². The number of carbonyl (C=O) groups is 2. The van der Waals surface area contributed by atoms with Gasteiger partial charge >= 0.3 is 11.9 Å². The fourth-order valence-electron chi connectivity index (χ4n) is 8.55. The molecule has 0 aromatic carbocycles. The molecule has 0 aliphatic rings. The zero-order valence-electron chi connectivity index (χ0n) is 41.7. The van der Waals surface area contributed by atoms with Crippen molar-refractivity contribution in [2.24, 2.45) is 0 Å². The fraction of sp³-hybridized carbons (Fsp3) is 0.964. The van der Waals surface area contributed by atoms with Crippen LogP contribution in [0.3, 0.4) is 0 Å². The highest BCUT2D eigenvalue weighted by Gasteiger charge is 2.03. The van der Waals surface area contributed by atoms with E-state index in [0.29, 0.717) is 19.4 Å². The van der Waals surface area contributed by atoms with E-state index in [-0.39, 0.29) is 5.97 Å². The van der Waals surface area contributed by atoms with E-state index >= 15 is 0 Å². The molecule has 0 unspecified atom stereocenters. The summed E-state index contributed by atoms with van der Waals surface area (Å²) in [6, 6.07) is 0. The highest BCUT2D eigenvalue weighted by atomic mass is 16.5. The Labute approximate surface area is 378 Å². The average molecular weight is 850 g/mol. The molecule has 0 amide bonds. The molecule has 0 radical (unpaired) electrons. The van der Waals surface area contributed by atoms with E-state index in [0.717, 1.165) is 25.7 Å². The molecule has 0 aromatic heterocycles. The maximum atomic E-state index is 11.9. The SMILES string of the molecule is CCCCCCCCCCCCCCCCCC(=O)OCCCCCCCCCCCCCCCC.CCCCCCCCCCCCCCCCCCCCCC(=O)O. The predicted molar refractivity (Wildman–Crippen MR) is 266 cm³/mol. The first-order valence-electron chi connectivity index (χ1n) is 28.0. The highest BCUT2D eigenvalue weighted by Crippen LogP contribution is 2.17. The van der Waals surface area contributed by atoms with Gasteiger partial charge in [0.1, 0.15) is 0 Å². The fourth-order valence-corrected chi connectivity index (χ4v) is 8.55. The van der Waals surface area contributed by atoms with Gasteiger partial charge in [0, 0.05) is 12.8 Å². The summed E-state index contributed by atoms with van der Waals surface area (Å²) in [5.74, 6) is -0.624. The van der Waals surface area contributed by atoms with Crippen LogP contribution >= 0.6 is 0 Å². The molecular formula is C56H112O4. The van der Waals surface area contributed by atoms with Gasteiger partial charge in [-0.2, -0.15) is 0 Å². The summed E-state index contributed by atoms with van der Waals surface area (Å²) in [6.07, 6.45) is 66.2. The maximum absolute atomic E-state index is 11.9. The molecule has 0 saturated carbocycles. The lowest BCUT2D eigenvalue weighted by Crippen LogP contribution is -2.05. The molecule has 0 saturated heterocycles. The second kappa shape index (κ2) is 57.9. The van der Waals surface area contributed by atoms with Gasteiger partial charge in [-0.1, -0.05) is 310 Å². The van der Waals surface area contributed by atoms with E-state index in [1.165, 1.54) is 283 Å². The largest absolute Gasteiger partial charge is 0.481 e. The summed E-state index contributed by atoms with van der Waals surface area (Å²) >= 11 is 0. The van der Waals surface area contributed by atoms with Gasteiger partial charge in [-0.15, -0.1) is 0 Å². The lowest BCUT2D eigenvalue weighted by Gasteiger charge is -2.06. The quantitative estimate of drug-likeness (QED) is 0.0489. The van der Waals surface area contributed by atoms with Crippen LogP contribution in [-0.4, -0.2) is 23.7 Å². The van der Waals surface area contributed by atoms with Crippen molar-refractivity contribution in [1.82, 2.24) is 0 Å². The van der Waals surface area contributed by atoms with Crippen LogP contribution in [0.1, 0.15) is 342 Å². The number of hydrogen-bond donors (Lipinski definition) is 1. The lowest BCUT2D eigenvalue weighted by molar-refractivity contribution is -0.144. The first-order valence-corrected chi connectivity index (χ1v) is 28.0. The molecule has 4 heteroatoms. The number of carboxylic acids is 1. The van der Waals surface area contributed by atoms with Crippen molar-refractivity contribution in [1.29, 1.82) is 0 Å². The van der Waals surface area contributed by atoms with Crippen LogP contribution in [0.15, 0.2) is 0 Å². The number of aliphatic carboxylic acids is 1. The smallest absolute Gasteiger partial charge is 0.305 e. The molecule has 0 bridgehead atoms. The third-order valence-corrected chi connectivity index (χ3v) is 12.7. The van der Waals surface area contributed by atoms with Gasteiger partial charge in [-0.05, 0) is 19.3 Å². The third-order valence-electron chi connectivity index (χ3n) is 12.7. The Kier molecular flexibility index (Phi) is 58.9. The minimum Gasteiger partial charge on any atom is -0.481 e. The number of carboxylic acid groups (broad SMARTS) is 1. The summed E-state index contributed by atoms with van der Waals surface area (Å²) < 4.78 is 5.43. The van der Waals surface area contributed by atoms with Crippen molar-refractivity contribution in [2.75, 3.05) is 6.61 Å². The molecule has 0 aromatic rings. The number of hydrogen-bond acceptors (Lipinski definition) is 3. The number of rotatable bonds is 51. The van der Waals surface area contributed by atoms with E-state index in [1.807, 2.05) is 0 Å². The van der Waals surface area contributed by atoms with Crippen LogP contribution in [0.2, 0.25) is 0 Å². The zero-order valence-corrected chi connectivity index (χ0v) is 41.7. The van der Waals surface area contributed by atoms with Crippen molar-refractivity contribution < 1.29 is 19.4 Å². The third kappa shape index (κ3) is 61.2. The van der Waals surface area contributed by atoms with Gasteiger partial charge < -0.3 is 9.84 Å². The van der Waals surface area contributed by atoms with Crippen molar-refractivity contribution in [3.8, 4) is 0 Å². The molecule has 1 N–H and O–H groups in total.